The van der Waals surface area contributed by atoms with Crippen molar-refractivity contribution in [2.75, 3.05) is 7.05 Å². The van der Waals surface area contributed by atoms with Crippen molar-refractivity contribution in [1.29, 1.82) is 0 Å². The van der Waals surface area contributed by atoms with Crippen LogP contribution in [0.4, 0.5) is 0 Å². The fourth-order valence-electron chi connectivity index (χ4n) is 1.07. The van der Waals surface area contributed by atoms with Crippen LogP contribution in [0.15, 0.2) is 22.8 Å². The van der Waals surface area contributed by atoms with Gasteiger partial charge in [-0.3, -0.25) is 4.84 Å². The third kappa shape index (κ3) is 1.66. The number of nitrogens with zero attached hydrogens (tertiary/aromatic N) is 2. The summed E-state index contributed by atoms with van der Waals surface area (Å²) in [6, 6.07) is 5.65. The molecule has 0 atom stereocenters. The van der Waals surface area contributed by atoms with Crippen molar-refractivity contribution in [3.8, 4) is 0 Å². The van der Waals surface area contributed by atoms with E-state index in [0.29, 0.717) is 6.61 Å². The van der Waals surface area contributed by atoms with Crippen LogP contribution in [-0.4, -0.2) is 17.4 Å². The molecule has 5 nitrogen and oxygen atoms in total. The summed E-state index contributed by atoms with van der Waals surface area (Å²) < 4.78 is 4.57. The molecule has 0 aliphatic carbocycles. The van der Waals surface area contributed by atoms with E-state index in [1.54, 1.807) is 7.05 Å². The van der Waals surface area contributed by atoms with Gasteiger partial charge in [-0.05, 0) is 28.0 Å². The lowest BCUT2D eigenvalue weighted by atomic mass is 10.2. The Labute approximate surface area is 74.6 Å². The lowest BCUT2D eigenvalue weighted by Crippen LogP contribution is -2.06. The van der Waals surface area contributed by atoms with Crippen LogP contribution in [0.2, 0.25) is 0 Å². The summed E-state index contributed by atoms with van der Waals surface area (Å²) in [5, 5.41) is 7.42. The van der Waals surface area contributed by atoms with E-state index in [0.717, 1.165) is 16.6 Å². The summed E-state index contributed by atoms with van der Waals surface area (Å²) in [4.78, 5) is 5.02. The average Bonchev–Trinajstić information content (AvgIpc) is 2.61. The van der Waals surface area contributed by atoms with Crippen molar-refractivity contribution >= 4 is 11.0 Å². The van der Waals surface area contributed by atoms with Crippen LogP contribution in [0.5, 0.6) is 0 Å². The molecule has 2 rings (SSSR count). The maximum atomic E-state index is 5.02. The van der Waals surface area contributed by atoms with Gasteiger partial charge in [-0.25, -0.2) is 10.1 Å². The second-order valence-electron chi connectivity index (χ2n) is 2.58. The number of hydrogen-bond donors (Lipinski definition) is 1. The summed E-state index contributed by atoms with van der Waals surface area (Å²) in [5.74, 6) is 0. The number of aromatic nitrogens is 2. The first-order valence-electron chi connectivity index (χ1n) is 3.90. The second-order valence-corrected chi connectivity index (χ2v) is 2.58. The fraction of sp³-hybridized carbons (Fsp3) is 0.250. The number of fused-ring (bicyclic) bond motifs is 1. The third-order valence-corrected chi connectivity index (χ3v) is 1.70. The molecule has 0 spiro atoms. The molecule has 0 amide bonds. The van der Waals surface area contributed by atoms with Gasteiger partial charge in [-0.1, -0.05) is 6.07 Å². The van der Waals surface area contributed by atoms with Gasteiger partial charge in [0.25, 0.3) is 0 Å². The minimum atomic E-state index is 0.499. The zero-order chi connectivity index (χ0) is 9.10. The average molecular weight is 179 g/mol. The van der Waals surface area contributed by atoms with E-state index in [1.165, 1.54) is 0 Å². The second kappa shape index (κ2) is 3.51. The molecule has 1 N–H and O–H groups in total. The largest absolute Gasteiger partial charge is 0.297 e. The highest BCUT2D eigenvalue weighted by Crippen LogP contribution is 2.11. The molecule has 0 unspecified atom stereocenters. The quantitative estimate of drug-likeness (QED) is 0.708. The Kier molecular flexibility index (Phi) is 2.20. The minimum absolute atomic E-state index is 0.499. The highest BCUT2D eigenvalue weighted by Gasteiger charge is 2.00. The number of hydroxylamine groups is 1. The van der Waals surface area contributed by atoms with Gasteiger partial charge in [0, 0.05) is 7.05 Å². The van der Waals surface area contributed by atoms with Crippen molar-refractivity contribution < 1.29 is 9.47 Å². The van der Waals surface area contributed by atoms with E-state index in [4.69, 9.17) is 4.84 Å². The number of hydrogen-bond acceptors (Lipinski definition) is 5. The van der Waals surface area contributed by atoms with Crippen molar-refractivity contribution in [2.45, 2.75) is 6.61 Å². The van der Waals surface area contributed by atoms with Crippen LogP contribution >= 0.6 is 0 Å². The van der Waals surface area contributed by atoms with Crippen molar-refractivity contribution in [3.63, 3.8) is 0 Å². The maximum absolute atomic E-state index is 5.02. The Hall–Kier alpha value is -1.46. The van der Waals surface area contributed by atoms with Gasteiger partial charge in [0.15, 0.2) is 0 Å². The molecule has 0 aliphatic heterocycles. The molecule has 0 saturated carbocycles. The highest BCUT2D eigenvalue weighted by atomic mass is 16.6. The van der Waals surface area contributed by atoms with Crippen LogP contribution in [-0.2, 0) is 11.4 Å². The first-order valence-corrected chi connectivity index (χ1v) is 3.90. The molecule has 0 radical (unpaired) electrons. The molecule has 5 heteroatoms. The van der Waals surface area contributed by atoms with Crippen LogP contribution in [0.25, 0.3) is 11.0 Å². The molecule has 68 valence electrons. The molecule has 2 aromatic rings. The van der Waals surface area contributed by atoms with Crippen LogP contribution in [0.3, 0.4) is 0 Å². The SMILES string of the molecule is CNOCc1ccc2nonc2c1. The molecule has 0 bridgehead atoms. The predicted molar refractivity (Wildman–Crippen MR) is 45.7 cm³/mol. The Bertz CT molecular complexity index is 399. The van der Waals surface area contributed by atoms with E-state index < -0.39 is 0 Å². The molecule has 1 heterocycles. The van der Waals surface area contributed by atoms with Gasteiger partial charge in [0.2, 0.25) is 0 Å². The van der Waals surface area contributed by atoms with Gasteiger partial charge >= 0.3 is 0 Å². The Morgan fingerprint density at radius 2 is 2.23 bits per heavy atom. The van der Waals surface area contributed by atoms with Gasteiger partial charge in [-0.2, -0.15) is 0 Å². The van der Waals surface area contributed by atoms with Crippen molar-refractivity contribution in [1.82, 2.24) is 15.8 Å². The zero-order valence-electron chi connectivity index (χ0n) is 7.15. The molecule has 0 saturated heterocycles. The van der Waals surface area contributed by atoms with Gasteiger partial charge < -0.3 is 0 Å². The Balaban J connectivity index is 2.26. The molecule has 0 fully saturated rings. The lowest BCUT2D eigenvalue weighted by Gasteiger charge is -1.99. The first-order chi connectivity index (χ1) is 6.40. The maximum Gasteiger partial charge on any atom is 0.135 e. The van der Waals surface area contributed by atoms with Crippen LogP contribution < -0.4 is 5.48 Å². The summed E-state index contributed by atoms with van der Waals surface area (Å²) in [6.07, 6.45) is 0. The molecular formula is C8H9N3O2. The number of nitrogens with one attached hydrogen (secondary N) is 1. The van der Waals surface area contributed by atoms with Gasteiger partial charge in [0.1, 0.15) is 11.0 Å². The topological polar surface area (TPSA) is 60.2 Å². The number of benzene rings is 1. The number of rotatable bonds is 3. The van der Waals surface area contributed by atoms with Crippen LogP contribution in [0, 0.1) is 0 Å². The summed E-state index contributed by atoms with van der Waals surface area (Å²) in [5.41, 5.74) is 5.13. The van der Waals surface area contributed by atoms with E-state index in [9.17, 15) is 0 Å². The predicted octanol–water partition coefficient (Wildman–Crippen LogP) is 0.874. The first kappa shape index (κ1) is 8.15. The summed E-state index contributed by atoms with van der Waals surface area (Å²) in [7, 11) is 1.72. The summed E-state index contributed by atoms with van der Waals surface area (Å²) in [6.45, 7) is 0.499. The Morgan fingerprint density at radius 1 is 1.38 bits per heavy atom. The van der Waals surface area contributed by atoms with Crippen LogP contribution in [0.1, 0.15) is 5.56 Å². The molecule has 13 heavy (non-hydrogen) atoms. The molecular weight excluding hydrogens is 170 g/mol. The lowest BCUT2D eigenvalue weighted by molar-refractivity contribution is 0.0445. The molecule has 0 aliphatic rings. The third-order valence-electron chi connectivity index (χ3n) is 1.70. The van der Waals surface area contributed by atoms with E-state index in [-0.39, 0.29) is 0 Å². The van der Waals surface area contributed by atoms with Gasteiger partial charge in [0.05, 0.1) is 6.61 Å². The molecule has 1 aromatic heterocycles. The van der Waals surface area contributed by atoms with Crippen molar-refractivity contribution in [2.24, 2.45) is 0 Å². The highest BCUT2D eigenvalue weighted by molar-refractivity contribution is 5.73. The Morgan fingerprint density at radius 3 is 3.08 bits per heavy atom. The standard InChI is InChI=1S/C8H9N3O2/c1-9-12-5-6-2-3-7-8(4-6)11-13-10-7/h2-4,9H,5H2,1H3. The van der Waals surface area contributed by atoms with Crippen molar-refractivity contribution in [3.05, 3.63) is 23.8 Å². The summed E-state index contributed by atoms with van der Waals surface area (Å²) >= 11 is 0. The fourth-order valence-corrected chi connectivity index (χ4v) is 1.07. The van der Waals surface area contributed by atoms with Gasteiger partial charge in [-0.15, -0.1) is 0 Å². The van der Waals surface area contributed by atoms with E-state index in [1.807, 2.05) is 18.2 Å². The smallest absolute Gasteiger partial charge is 0.135 e. The molecule has 1 aromatic carbocycles. The monoisotopic (exact) mass is 179 g/mol. The minimum Gasteiger partial charge on any atom is -0.297 e. The normalized spacial score (nSPS) is 10.8. The van der Waals surface area contributed by atoms with E-state index >= 15 is 0 Å². The van der Waals surface area contributed by atoms with E-state index in [2.05, 4.69) is 20.4 Å². The zero-order valence-corrected chi connectivity index (χ0v) is 7.15.